The molecule has 31 heavy (non-hydrogen) atoms. The number of carbonyl (C=O) groups is 1. The van der Waals surface area contributed by atoms with Gasteiger partial charge in [0, 0.05) is 17.7 Å². The molecule has 2 aromatic carbocycles. The van der Waals surface area contributed by atoms with Gasteiger partial charge in [0.25, 0.3) is 5.91 Å². The monoisotopic (exact) mass is 416 g/mol. The van der Waals surface area contributed by atoms with Gasteiger partial charge in [-0.3, -0.25) is 4.79 Å². The molecule has 5 atom stereocenters. The Kier molecular flexibility index (Phi) is 4.78. The molecule has 7 heteroatoms. The van der Waals surface area contributed by atoms with Gasteiger partial charge >= 0.3 is 0 Å². The summed E-state index contributed by atoms with van der Waals surface area (Å²) < 4.78 is 19.6. The molecule has 2 fully saturated rings. The van der Waals surface area contributed by atoms with Crippen LogP contribution in [0.15, 0.2) is 48.8 Å². The quantitative estimate of drug-likeness (QED) is 0.682. The molecule has 2 aliphatic rings. The normalized spacial score (nSPS) is 24.8. The van der Waals surface area contributed by atoms with Gasteiger partial charge in [-0.25, -0.2) is 14.4 Å². The number of fused-ring (bicyclic) bond motifs is 2. The van der Waals surface area contributed by atoms with Gasteiger partial charge in [-0.15, -0.1) is 0 Å². The van der Waals surface area contributed by atoms with E-state index >= 15 is 0 Å². The number of hydrogen-bond donors (Lipinski definition) is 1. The van der Waals surface area contributed by atoms with Crippen molar-refractivity contribution in [3.63, 3.8) is 0 Å². The Morgan fingerprint density at radius 3 is 2.65 bits per heavy atom. The van der Waals surface area contributed by atoms with E-state index in [1.54, 1.807) is 30.3 Å². The van der Waals surface area contributed by atoms with E-state index in [1.807, 2.05) is 6.92 Å². The molecule has 0 radical (unpaired) electrons. The van der Waals surface area contributed by atoms with Crippen molar-refractivity contribution in [1.82, 2.24) is 15.3 Å². The van der Waals surface area contributed by atoms with Gasteiger partial charge in [-0.1, -0.05) is 0 Å². The molecule has 1 amide bonds. The van der Waals surface area contributed by atoms with Crippen molar-refractivity contribution in [1.29, 1.82) is 5.26 Å². The minimum Gasteiger partial charge on any atom is -0.474 e. The highest BCUT2D eigenvalue weighted by Crippen LogP contribution is 2.59. The number of nitriles is 1. The summed E-state index contributed by atoms with van der Waals surface area (Å²) in [6.07, 6.45) is 3.30. The minimum atomic E-state index is -0.334. The summed E-state index contributed by atoms with van der Waals surface area (Å²) in [5.74, 6) is 1.53. The Morgan fingerprint density at radius 2 is 1.94 bits per heavy atom. The van der Waals surface area contributed by atoms with Gasteiger partial charge in [-0.05, 0) is 73.9 Å². The van der Waals surface area contributed by atoms with Crippen molar-refractivity contribution in [3.8, 4) is 11.9 Å². The number of nitrogens with one attached hydrogen (secondary N) is 1. The van der Waals surface area contributed by atoms with Crippen molar-refractivity contribution in [2.45, 2.75) is 31.9 Å². The smallest absolute Gasteiger partial charge is 0.251 e. The Morgan fingerprint density at radius 1 is 1.19 bits per heavy atom. The summed E-state index contributed by atoms with van der Waals surface area (Å²) in [6.45, 7) is 2.05. The van der Waals surface area contributed by atoms with E-state index in [4.69, 9.17) is 10.00 Å². The lowest BCUT2D eigenvalue weighted by Gasteiger charge is -2.20. The maximum atomic E-state index is 13.4. The number of nitrogens with zero attached hydrogens (tertiary/aromatic N) is 3. The molecular weight excluding hydrogens is 395 g/mol. The number of halogens is 1. The molecule has 1 N–H and O–H groups in total. The fourth-order valence-corrected chi connectivity index (χ4v) is 5.02. The summed E-state index contributed by atoms with van der Waals surface area (Å²) in [7, 11) is 0. The van der Waals surface area contributed by atoms with Gasteiger partial charge in [0.2, 0.25) is 5.88 Å². The van der Waals surface area contributed by atoms with Crippen LogP contribution in [-0.2, 0) is 0 Å². The molecule has 0 saturated heterocycles. The average molecular weight is 416 g/mol. The highest BCUT2D eigenvalue weighted by molar-refractivity contribution is 5.94. The molecular formula is C24H21FN4O2. The fraction of sp³-hybridized carbons (Fsp3) is 0.333. The van der Waals surface area contributed by atoms with Crippen LogP contribution in [0, 0.1) is 34.9 Å². The van der Waals surface area contributed by atoms with Crippen LogP contribution in [0.5, 0.6) is 5.88 Å². The molecule has 3 aromatic rings. The molecule has 6 nitrogen and oxygen atoms in total. The molecule has 1 aromatic heterocycles. The lowest BCUT2D eigenvalue weighted by molar-refractivity contribution is 0.0930. The average Bonchev–Trinajstić information content (AvgIpc) is 3.29. The second-order valence-electron chi connectivity index (χ2n) is 8.41. The Balaban J connectivity index is 1.18. The molecule has 0 spiro atoms. The summed E-state index contributed by atoms with van der Waals surface area (Å²) in [5.41, 5.74) is 1.63. The standard InChI is InChI=1S/C24H21FN4O2/c1-13(29-23(30)15-4-2-14(11-26)3-5-15)22-19-9-17(10-20(19)22)31-24-18-7-6-16(25)8-21(18)27-12-28-24/h2-8,12-13,17,19-20,22H,9-10H2,1H3,(H,29,30)/t13-,17?,19-,20+,22?/m0/s1. The lowest BCUT2D eigenvalue weighted by atomic mass is 10.0. The highest BCUT2D eigenvalue weighted by Gasteiger charge is 2.58. The van der Waals surface area contributed by atoms with Crippen molar-refractivity contribution >= 4 is 16.8 Å². The molecule has 0 bridgehead atoms. The number of carbonyl (C=O) groups excluding carboxylic acids is 1. The zero-order valence-corrected chi connectivity index (χ0v) is 17.0. The van der Waals surface area contributed by atoms with Crippen molar-refractivity contribution in [2.24, 2.45) is 17.8 Å². The number of amides is 1. The van der Waals surface area contributed by atoms with Crippen molar-refractivity contribution in [2.75, 3.05) is 0 Å². The second kappa shape index (κ2) is 7.62. The van der Waals surface area contributed by atoms with E-state index in [0.29, 0.717) is 45.7 Å². The van der Waals surface area contributed by atoms with Gasteiger partial charge in [0.1, 0.15) is 18.2 Å². The predicted molar refractivity (Wildman–Crippen MR) is 112 cm³/mol. The van der Waals surface area contributed by atoms with E-state index in [9.17, 15) is 9.18 Å². The Hall–Kier alpha value is -3.53. The van der Waals surface area contributed by atoms with E-state index < -0.39 is 0 Å². The third kappa shape index (κ3) is 3.70. The molecule has 5 rings (SSSR count). The highest BCUT2D eigenvalue weighted by atomic mass is 19.1. The molecule has 2 aliphatic carbocycles. The summed E-state index contributed by atoms with van der Waals surface area (Å²) >= 11 is 0. The zero-order chi connectivity index (χ0) is 21.5. The van der Waals surface area contributed by atoms with Crippen LogP contribution in [0.3, 0.4) is 0 Å². The first-order chi connectivity index (χ1) is 15.0. The number of rotatable bonds is 5. The zero-order valence-electron chi connectivity index (χ0n) is 17.0. The number of aromatic nitrogens is 2. The third-order valence-corrected chi connectivity index (χ3v) is 6.52. The topological polar surface area (TPSA) is 87.9 Å². The van der Waals surface area contributed by atoms with E-state index in [1.165, 1.54) is 18.5 Å². The van der Waals surface area contributed by atoms with Crippen molar-refractivity contribution in [3.05, 3.63) is 65.7 Å². The molecule has 1 heterocycles. The molecule has 2 unspecified atom stereocenters. The summed E-state index contributed by atoms with van der Waals surface area (Å²) in [4.78, 5) is 20.9. The Bertz CT molecular complexity index is 1180. The van der Waals surface area contributed by atoms with E-state index in [0.717, 1.165) is 12.8 Å². The maximum Gasteiger partial charge on any atom is 0.251 e. The predicted octanol–water partition coefficient (Wildman–Crippen LogP) is 3.86. The Labute approximate surface area is 179 Å². The second-order valence-corrected chi connectivity index (χ2v) is 8.41. The van der Waals surface area contributed by atoms with E-state index in [-0.39, 0.29) is 23.9 Å². The van der Waals surface area contributed by atoms with Crippen molar-refractivity contribution < 1.29 is 13.9 Å². The van der Waals surface area contributed by atoms with Gasteiger partial charge in [0.05, 0.1) is 22.5 Å². The first-order valence-electron chi connectivity index (χ1n) is 10.4. The van der Waals surface area contributed by atoms with Gasteiger partial charge in [0.15, 0.2) is 0 Å². The fourth-order valence-electron chi connectivity index (χ4n) is 5.02. The van der Waals surface area contributed by atoms with Crippen LogP contribution in [0.4, 0.5) is 4.39 Å². The number of ether oxygens (including phenoxy) is 1. The first kappa shape index (κ1) is 19.4. The first-order valence-corrected chi connectivity index (χ1v) is 10.4. The van der Waals surface area contributed by atoms with Crippen LogP contribution in [0.1, 0.15) is 35.7 Å². The van der Waals surface area contributed by atoms with E-state index in [2.05, 4.69) is 21.4 Å². The number of hydrogen-bond acceptors (Lipinski definition) is 5. The minimum absolute atomic E-state index is 0.0656. The maximum absolute atomic E-state index is 13.4. The van der Waals surface area contributed by atoms with Crippen LogP contribution in [0.25, 0.3) is 10.9 Å². The molecule has 2 saturated carbocycles. The van der Waals surface area contributed by atoms with Crippen LogP contribution < -0.4 is 10.1 Å². The molecule has 156 valence electrons. The van der Waals surface area contributed by atoms with Gasteiger partial charge < -0.3 is 10.1 Å². The summed E-state index contributed by atoms with van der Waals surface area (Å²) in [5, 5.41) is 12.7. The molecule has 0 aliphatic heterocycles. The van der Waals surface area contributed by atoms with Crippen LogP contribution >= 0.6 is 0 Å². The number of benzene rings is 2. The lowest BCUT2D eigenvalue weighted by Crippen LogP contribution is -2.36. The largest absolute Gasteiger partial charge is 0.474 e. The van der Waals surface area contributed by atoms with Crippen LogP contribution in [-0.4, -0.2) is 28.0 Å². The third-order valence-electron chi connectivity index (χ3n) is 6.52. The SMILES string of the molecule is C[C@H](NC(=O)c1ccc(C#N)cc1)C1[C@H]2CC(Oc3ncnc4cc(F)ccc34)C[C@@H]12. The summed E-state index contributed by atoms with van der Waals surface area (Å²) in [6, 6.07) is 13.2. The van der Waals surface area contributed by atoms with Gasteiger partial charge in [-0.2, -0.15) is 5.26 Å². The van der Waals surface area contributed by atoms with Crippen LogP contribution in [0.2, 0.25) is 0 Å².